The molecule has 1 saturated carbocycles. The van der Waals surface area contributed by atoms with E-state index in [9.17, 15) is 4.79 Å². The summed E-state index contributed by atoms with van der Waals surface area (Å²) < 4.78 is 0. The molecule has 1 amide bonds. The van der Waals surface area contributed by atoms with E-state index in [1.807, 2.05) is 30.0 Å². The molecule has 1 aromatic carbocycles. The summed E-state index contributed by atoms with van der Waals surface area (Å²) in [6.45, 7) is 0.872. The fourth-order valence-electron chi connectivity index (χ4n) is 3.22. The maximum absolute atomic E-state index is 12.7. The molecule has 1 saturated heterocycles. The second kappa shape index (κ2) is 6.40. The molecule has 2 aliphatic rings. The maximum Gasteiger partial charge on any atom is 0.226 e. The van der Waals surface area contributed by atoms with E-state index in [-0.39, 0.29) is 11.3 Å². The summed E-state index contributed by atoms with van der Waals surface area (Å²) in [5, 5.41) is 0.906. The largest absolute Gasteiger partial charge is 0.325 e. The molecule has 1 aliphatic heterocycles. The Labute approximate surface area is 129 Å². The Morgan fingerprint density at radius 3 is 2.80 bits per heavy atom. The van der Waals surface area contributed by atoms with Crippen LogP contribution in [0.2, 0.25) is 5.02 Å². The third-order valence-corrected chi connectivity index (χ3v) is 5.76. The highest BCUT2D eigenvalue weighted by molar-refractivity contribution is 7.99. The first-order valence-electron chi connectivity index (χ1n) is 7.43. The van der Waals surface area contributed by atoms with Crippen LogP contribution in [-0.4, -0.2) is 23.1 Å². The molecule has 4 heteroatoms. The Hall–Kier alpha value is -0.670. The normalized spacial score (nSPS) is 24.1. The topological polar surface area (TPSA) is 20.3 Å². The standard InChI is InChI=1S/C16H20ClNOS/c17-14-8-4-7-13(11-14)16-18(9-10-20-16)15(19)12-5-2-1-3-6-12/h4,7-8,11-12,16H,1-3,5-6,9-10H2. The summed E-state index contributed by atoms with van der Waals surface area (Å²) in [6.07, 6.45) is 5.85. The maximum atomic E-state index is 12.7. The predicted molar refractivity (Wildman–Crippen MR) is 84.9 cm³/mol. The summed E-state index contributed by atoms with van der Waals surface area (Å²) >= 11 is 7.94. The van der Waals surface area contributed by atoms with Crippen molar-refractivity contribution in [1.29, 1.82) is 0 Å². The number of hydrogen-bond donors (Lipinski definition) is 0. The van der Waals surface area contributed by atoms with E-state index >= 15 is 0 Å². The van der Waals surface area contributed by atoms with Crippen LogP contribution in [0.4, 0.5) is 0 Å². The fraction of sp³-hybridized carbons (Fsp3) is 0.562. The van der Waals surface area contributed by atoms with Crippen LogP contribution in [0.1, 0.15) is 43.0 Å². The lowest BCUT2D eigenvalue weighted by Crippen LogP contribution is -2.36. The van der Waals surface area contributed by atoms with Crippen molar-refractivity contribution in [3.05, 3.63) is 34.9 Å². The Balaban J connectivity index is 1.76. The first kappa shape index (κ1) is 14.3. The third-order valence-electron chi connectivity index (χ3n) is 4.26. The Bertz CT molecular complexity index is 487. The van der Waals surface area contributed by atoms with Gasteiger partial charge in [-0.25, -0.2) is 0 Å². The predicted octanol–water partition coefficient (Wildman–Crippen LogP) is 4.49. The molecule has 0 radical (unpaired) electrons. The van der Waals surface area contributed by atoms with Crippen molar-refractivity contribution in [2.45, 2.75) is 37.5 Å². The zero-order valence-electron chi connectivity index (χ0n) is 11.6. The van der Waals surface area contributed by atoms with Gasteiger partial charge in [0.1, 0.15) is 5.37 Å². The van der Waals surface area contributed by atoms with Gasteiger partial charge in [-0.15, -0.1) is 11.8 Å². The van der Waals surface area contributed by atoms with Gasteiger partial charge in [0.25, 0.3) is 0 Å². The average molecular weight is 310 g/mol. The molecule has 108 valence electrons. The average Bonchev–Trinajstić information content (AvgIpc) is 2.97. The minimum absolute atomic E-state index is 0.156. The minimum atomic E-state index is 0.156. The van der Waals surface area contributed by atoms with Crippen LogP contribution in [0.5, 0.6) is 0 Å². The number of halogens is 1. The van der Waals surface area contributed by atoms with Crippen LogP contribution < -0.4 is 0 Å². The smallest absolute Gasteiger partial charge is 0.226 e. The lowest BCUT2D eigenvalue weighted by molar-refractivity contribution is -0.136. The van der Waals surface area contributed by atoms with Gasteiger partial charge < -0.3 is 4.90 Å². The lowest BCUT2D eigenvalue weighted by atomic mass is 9.88. The van der Waals surface area contributed by atoms with Crippen molar-refractivity contribution in [2.24, 2.45) is 5.92 Å². The SMILES string of the molecule is O=C(C1CCCCC1)N1CCSC1c1cccc(Cl)c1. The molecule has 0 bridgehead atoms. The number of thioether (sulfide) groups is 1. The van der Waals surface area contributed by atoms with Gasteiger partial charge in [0, 0.05) is 23.2 Å². The van der Waals surface area contributed by atoms with Gasteiger partial charge in [0.05, 0.1) is 0 Å². The monoisotopic (exact) mass is 309 g/mol. The molecule has 2 fully saturated rings. The highest BCUT2D eigenvalue weighted by Crippen LogP contribution is 2.40. The van der Waals surface area contributed by atoms with Gasteiger partial charge in [-0.1, -0.05) is 43.0 Å². The van der Waals surface area contributed by atoms with Gasteiger partial charge in [-0.2, -0.15) is 0 Å². The van der Waals surface area contributed by atoms with Crippen molar-refractivity contribution < 1.29 is 4.79 Å². The number of amides is 1. The number of benzene rings is 1. The quantitative estimate of drug-likeness (QED) is 0.802. The van der Waals surface area contributed by atoms with Gasteiger partial charge in [0.15, 0.2) is 0 Å². The van der Waals surface area contributed by atoms with Gasteiger partial charge >= 0.3 is 0 Å². The van der Waals surface area contributed by atoms with Gasteiger partial charge in [-0.3, -0.25) is 4.79 Å². The molecule has 1 aliphatic carbocycles. The van der Waals surface area contributed by atoms with Crippen LogP contribution in [0.3, 0.4) is 0 Å². The highest BCUT2D eigenvalue weighted by Gasteiger charge is 2.34. The van der Waals surface area contributed by atoms with Gasteiger partial charge in [-0.05, 0) is 30.5 Å². The molecule has 1 aromatic rings. The molecule has 0 N–H and O–H groups in total. The van der Waals surface area contributed by atoms with E-state index in [1.165, 1.54) is 19.3 Å². The summed E-state index contributed by atoms with van der Waals surface area (Å²) in [5.41, 5.74) is 1.16. The summed E-state index contributed by atoms with van der Waals surface area (Å²) in [4.78, 5) is 14.8. The second-order valence-electron chi connectivity index (χ2n) is 5.64. The molecule has 0 spiro atoms. The second-order valence-corrected chi connectivity index (χ2v) is 7.27. The van der Waals surface area contributed by atoms with Crippen molar-refractivity contribution in [2.75, 3.05) is 12.3 Å². The van der Waals surface area contributed by atoms with E-state index in [0.717, 1.165) is 35.7 Å². The van der Waals surface area contributed by atoms with Crippen LogP contribution in [0.15, 0.2) is 24.3 Å². The Morgan fingerprint density at radius 2 is 2.05 bits per heavy atom. The van der Waals surface area contributed by atoms with Crippen LogP contribution in [-0.2, 0) is 4.79 Å². The number of carbonyl (C=O) groups is 1. The van der Waals surface area contributed by atoms with E-state index < -0.39 is 0 Å². The number of carbonyl (C=O) groups excluding carboxylic acids is 1. The Morgan fingerprint density at radius 1 is 1.25 bits per heavy atom. The van der Waals surface area contributed by atoms with E-state index in [4.69, 9.17) is 11.6 Å². The summed E-state index contributed by atoms with van der Waals surface area (Å²) in [6, 6.07) is 7.93. The minimum Gasteiger partial charge on any atom is -0.325 e. The van der Waals surface area contributed by atoms with E-state index in [1.54, 1.807) is 0 Å². The van der Waals surface area contributed by atoms with Crippen molar-refractivity contribution >= 4 is 29.3 Å². The molecule has 1 heterocycles. The van der Waals surface area contributed by atoms with Crippen molar-refractivity contribution in [1.82, 2.24) is 4.90 Å². The van der Waals surface area contributed by atoms with Gasteiger partial charge in [0.2, 0.25) is 5.91 Å². The summed E-state index contributed by atoms with van der Waals surface area (Å²) in [7, 11) is 0. The van der Waals surface area contributed by atoms with E-state index in [2.05, 4.69) is 11.0 Å². The molecule has 0 aromatic heterocycles. The molecular formula is C16H20ClNOS. The van der Waals surface area contributed by atoms with Crippen LogP contribution >= 0.6 is 23.4 Å². The number of hydrogen-bond acceptors (Lipinski definition) is 2. The summed E-state index contributed by atoms with van der Waals surface area (Å²) in [5.74, 6) is 1.64. The Kier molecular flexibility index (Phi) is 4.57. The number of nitrogens with zero attached hydrogens (tertiary/aromatic N) is 1. The van der Waals surface area contributed by atoms with Crippen LogP contribution in [0, 0.1) is 5.92 Å². The van der Waals surface area contributed by atoms with Crippen LogP contribution in [0.25, 0.3) is 0 Å². The number of rotatable bonds is 2. The first-order chi connectivity index (χ1) is 9.75. The van der Waals surface area contributed by atoms with Crippen molar-refractivity contribution in [3.63, 3.8) is 0 Å². The molecular weight excluding hydrogens is 290 g/mol. The van der Waals surface area contributed by atoms with Crippen molar-refractivity contribution in [3.8, 4) is 0 Å². The molecule has 1 atom stereocenters. The first-order valence-corrected chi connectivity index (χ1v) is 8.86. The zero-order valence-corrected chi connectivity index (χ0v) is 13.1. The zero-order chi connectivity index (χ0) is 13.9. The van der Waals surface area contributed by atoms with E-state index in [0.29, 0.717) is 5.91 Å². The fourth-order valence-corrected chi connectivity index (χ4v) is 4.67. The molecule has 20 heavy (non-hydrogen) atoms. The molecule has 2 nitrogen and oxygen atoms in total. The lowest BCUT2D eigenvalue weighted by Gasteiger charge is -2.30. The molecule has 1 unspecified atom stereocenters. The highest BCUT2D eigenvalue weighted by atomic mass is 35.5. The third kappa shape index (κ3) is 2.99. The molecule has 3 rings (SSSR count).